The van der Waals surface area contributed by atoms with Gasteiger partial charge in [0.25, 0.3) is 0 Å². The van der Waals surface area contributed by atoms with Crippen molar-refractivity contribution >= 4 is 18.0 Å². The van der Waals surface area contributed by atoms with Crippen LogP contribution in [0, 0.1) is 0 Å². The standard InChI is InChI=1S/C26H24N2O7/c1-2-32-25(30)22-20(27-26(31)28-23(22)17-9-5-3-6-10-17)16-34-24(29)21-14-13-19(35-21)15-33-18-11-7-4-8-12-18/h3-14,23H,2,15-16H2,1H3,(H2,27,28,31). The van der Waals surface area contributed by atoms with Crippen LogP contribution in [0.1, 0.15) is 34.8 Å². The Morgan fingerprint density at radius 3 is 2.31 bits per heavy atom. The number of hydrogen-bond acceptors (Lipinski definition) is 7. The number of nitrogens with one attached hydrogen (secondary N) is 2. The second-order valence-corrected chi connectivity index (χ2v) is 7.50. The van der Waals surface area contributed by atoms with Gasteiger partial charge < -0.3 is 29.3 Å². The fourth-order valence-corrected chi connectivity index (χ4v) is 3.52. The minimum absolute atomic E-state index is 0.0326. The number of hydrogen-bond donors (Lipinski definition) is 2. The van der Waals surface area contributed by atoms with Crippen molar-refractivity contribution in [3.05, 3.63) is 101 Å². The molecule has 2 aromatic carbocycles. The third-order valence-electron chi connectivity index (χ3n) is 5.12. The highest BCUT2D eigenvalue weighted by molar-refractivity contribution is 5.95. The number of esters is 2. The lowest BCUT2D eigenvalue weighted by molar-refractivity contribution is -0.139. The normalized spacial score (nSPS) is 15.1. The van der Waals surface area contributed by atoms with E-state index in [0.717, 1.165) is 0 Å². The van der Waals surface area contributed by atoms with E-state index in [2.05, 4.69) is 10.6 Å². The molecule has 2 heterocycles. The van der Waals surface area contributed by atoms with Gasteiger partial charge in [-0.1, -0.05) is 48.5 Å². The van der Waals surface area contributed by atoms with Crippen LogP contribution in [0.3, 0.4) is 0 Å². The predicted octanol–water partition coefficient (Wildman–Crippen LogP) is 3.89. The third kappa shape index (κ3) is 5.89. The van der Waals surface area contributed by atoms with Gasteiger partial charge in [0.1, 0.15) is 24.7 Å². The molecule has 1 atom stereocenters. The second-order valence-electron chi connectivity index (χ2n) is 7.50. The molecule has 0 radical (unpaired) electrons. The molecule has 0 saturated carbocycles. The molecule has 0 spiro atoms. The van der Waals surface area contributed by atoms with Gasteiger partial charge >= 0.3 is 18.0 Å². The maximum Gasteiger partial charge on any atom is 0.374 e. The van der Waals surface area contributed by atoms with Crippen LogP contribution >= 0.6 is 0 Å². The smallest absolute Gasteiger partial charge is 0.374 e. The molecule has 180 valence electrons. The maximum absolute atomic E-state index is 12.8. The van der Waals surface area contributed by atoms with Crippen LogP contribution in [0.5, 0.6) is 5.75 Å². The molecule has 9 heteroatoms. The van der Waals surface area contributed by atoms with Crippen molar-refractivity contribution in [2.45, 2.75) is 19.6 Å². The lowest BCUT2D eigenvalue weighted by atomic mass is 9.95. The van der Waals surface area contributed by atoms with E-state index in [-0.39, 0.29) is 36.9 Å². The third-order valence-corrected chi connectivity index (χ3v) is 5.12. The summed E-state index contributed by atoms with van der Waals surface area (Å²) < 4.78 is 21.7. The van der Waals surface area contributed by atoms with Crippen molar-refractivity contribution in [1.29, 1.82) is 0 Å². The Bertz CT molecular complexity index is 1220. The van der Waals surface area contributed by atoms with E-state index in [1.54, 1.807) is 37.3 Å². The zero-order chi connectivity index (χ0) is 24.6. The lowest BCUT2D eigenvalue weighted by Gasteiger charge is -2.29. The summed E-state index contributed by atoms with van der Waals surface area (Å²) in [5.74, 6) is -0.309. The Hall–Kier alpha value is -4.53. The molecule has 3 aromatic rings. The molecule has 4 rings (SSSR count). The molecule has 1 unspecified atom stereocenters. The van der Waals surface area contributed by atoms with Crippen LogP contribution in [0.25, 0.3) is 0 Å². The first-order valence-electron chi connectivity index (χ1n) is 11.0. The highest BCUT2D eigenvalue weighted by atomic mass is 16.6. The predicted molar refractivity (Wildman–Crippen MR) is 124 cm³/mol. The second kappa shape index (κ2) is 11.1. The molecule has 2 N–H and O–H groups in total. The van der Waals surface area contributed by atoms with E-state index in [1.807, 2.05) is 36.4 Å². The van der Waals surface area contributed by atoms with Crippen LogP contribution in [0.2, 0.25) is 0 Å². The molecule has 0 bridgehead atoms. The molecule has 0 fully saturated rings. The molecule has 1 aliphatic heterocycles. The van der Waals surface area contributed by atoms with Gasteiger partial charge in [-0.15, -0.1) is 0 Å². The number of ether oxygens (including phenoxy) is 3. The number of para-hydroxylation sites is 1. The van der Waals surface area contributed by atoms with Gasteiger partial charge in [-0.2, -0.15) is 0 Å². The van der Waals surface area contributed by atoms with Crippen molar-refractivity contribution in [2.24, 2.45) is 0 Å². The Balaban J connectivity index is 1.48. The fraction of sp³-hybridized carbons (Fsp3) is 0.192. The zero-order valence-corrected chi connectivity index (χ0v) is 19.0. The summed E-state index contributed by atoms with van der Waals surface area (Å²) >= 11 is 0. The molecule has 0 saturated heterocycles. The Morgan fingerprint density at radius 1 is 0.886 bits per heavy atom. The maximum atomic E-state index is 12.8. The van der Waals surface area contributed by atoms with E-state index in [1.165, 1.54) is 6.07 Å². The number of furan rings is 1. The van der Waals surface area contributed by atoms with Gasteiger partial charge in [-0.3, -0.25) is 0 Å². The van der Waals surface area contributed by atoms with Crippen LogP contribution in [-0.4, -0.2) is 31.2 Å². The van der Waals surface area contributed by atoms with Crippen LogP contribution in [0.4, 0.5) is 4.79 Å². The fourth-order valence-electron chi connectivity index (χ4n) is 3.52. The van der Waals surface area contributed by atoms with Gasteiger partial charge in [0.05, 0.1) is 23.9 Å². The Labute approximate surface area is 201 Å². The van der Waals surface area contributed by atoms with Crippen molar-refractivity contribution in [1.82, 2.24) is 10.6 Å². The molecule has 9 nitrogen and oxygen atoms in total. The number of carbonyl (C=O) groups is 3. The number of amides is 2. The summed E-state index contributed by atoms with van der Waals surface area (Å²) in [5.41, 5.74) is 0.971. The first-order valence-corrected chi connectivity index (χ1v) is 11.0. The number of rotatable bonds is 9. The van der Waals surface area contributed by atoms with Gasteiger partial charge in [0.2, 0.25) is 5.76 Å². The largest absolute Gasteiger partial charge is 0.486 e. The summed E-state index contributed by atoms with van der Waals surface area (Å²) in [6.07, 6.45) is 0. The summed E-state index contributed by atoms with van der Waals surface area (Å²) in [6, 6.07) is 20.0. The van der Waals surface area contributed by atoms with Gasteiger partial charge in [0, 0.05) is 0 Å². The van der Waals surface area contributed by atoms with Crippen molar-refractivity contribution in [3.8, 4) is 5.75 Å². The molecular formula is C26H24N2O7. The first kappa shape index (κ1) is 23.6. The molecule has 1 aliphatic rings. The van der Waals surface area contributed by atoms with E-state index >= 15 is 0 Å². The van der Waals surface area contributed by atoms with Gasteiger partial charge in [-0.25, -0.2) is 14.4 Å². The summed E-state index contributed by atoms with van der Waals surface area (Å²) in [7, 11) is 0. The molecule has 35 heavy (non-hydrogen) atoms. The quantitative estimate of drug-likeness (QED) is 0.450. The highest BCUT2D eigenvalue weighted by Crippen LogP contribution is 2.28. The first-order chi connectivity index (χ1) is 17.0. The minimum atomic E-state index is -0.761. The number of benzene rings is 2. The molecule has 0 aliphatic carbocycles. The SMILES string of the molecule is CCOC(=O)C1=C(COC(=O)c2ccc(COc3ccccc3)o2)NC(=O)NC1c1ccccc1. The summed E-state index contributed by atoms with van der Waals surface area (Å²) in [6.45, 7) is 1.60. The minimum Gasteiger partial charge on any atom is -0.486 e. The van der Waals surface area contributed by atoms with Crippen LogP contribution in [-0.2, 0) is 20.9 Å². The number of carbonyl (C=O) groups excluding carboxylic acids is 3. The Morgan fingerprint density at radius 2 is 1.60 bits per heavy atom. The lowest BCUT2D eigenvalue weighted by Crippen LogP contribution is -2.47. The average Bonchev–Trinajstić information content (AvgIpc) is 3.36. The monoisotopic (exact) mass is 476 g/mol. The van der Waals surface area contributed by atoms with Crippen LogP contribution in [0.15, 0.2) is 88.5 Å². The zero-order valence-electron chi connectivity index (χ0n) is 19.0. The topological polar surface area (TPSA) is 116 Å². The van der Waals surface area contributed by atoms with E-state index in [0.29, 0.717) is 17.1 Å². The summed E-state index contributed by atoms with van der Waals surface area (Å²) in [4.78, 5) is 37.7. The van der Waals surface area contributed by atoms with Gasteiger partial charge in [0.15, 0.2) is 0 Å². The summed E-state index contributed by atoms with van der Waals surface area (Å²) in [5, 5.41) is 5.28. The van der Waals surface area contributed by atoms with Gasteiger partial charge in [-0.05, 0) is 36.8 Å². The van der Waals surface area contributed by atoms with Crippen molar-refractivity contribution in [3.63, 3.8) is 0 Å². The van der Waals surface area contributed by atoms with E-state index < -0.39 is 24.0 Å². The highest BCUT2D eigenvalue weighted by Gasteiger charge is 2.34. The molecular weight excluding hydrogens is 452 g/mol. The number of urea groups is 1. The average molecular weight is 476 g/mol. The molecule has 1 aromatic heterocycles. The van der Waals surface area contributed by atoms with Crippen molar-refractivity contribution in [2.75, 3.05) is 13.2 Å². The molecule has 2 amide bonds. The van der Waals surface area contributed by atoms with Crippen molar-refractivity contribution < 1.29 is 33.0 Å². The Kier molecular flexibility index (Phi) is 7.47. The van der Waals surface area contributed by atoms with E-state index in [4.69, 9.17) is 18.6 Å². The van der Waals surface area contributed by atoms with E-state index in [9.17, 15) is 14.4 Å². The van der Waals surface area contributed by atoms with Crippen LogP contribution < -0.4 is 15.4 Å².